The van der Waals surface area contributed by atoms with Crippen molar-refractivity contribution in [2.75, 3.05) is 6.61 Å². The first-order chi connectivity index (χ1) is 12.0. The molecule has 1 aliphatic heterocycles. The minimum Gasteiger partial charge on any atom is -0.478 e. The Balaban J connectivity index is 2.17. The van der Waals surface area contributed by atoms with Gasteiger partial charge in [0.2, 0.25) is 11.8 Å². The van der Waals surface area contributed by atoms with Gasteiger partial charge < -0.3 is 15.2 Å². The van der Waals surface area contributed by atoms with Crippen molar-refractivity contribution in [2.24, 2.45) is 5.73 Å². The van der Waals surface area contributed by atoms with E-state index < -0.39 is 5.92 Å². The average molecular weight is 375 g/mol. The van der Waals surface area contributed by atoms with E-state index in [2.05, 4.69) is 22.2 Å². The second-order valence-electron chi connectivity index (χ2n) is 5.30. The fourth-order valence-corrected chi connectivity index (χ4v) is 3.34. The van der Waals surface area contributed by atoms with Gasteiger partial charge in [0.1, 0.15) is 18.2 Å². The highest BCUT2D eigenvalue weighted by molar-refractivity contribution is 6.37. The Kier molecular flexibility index (Phi) is 4.50. The summed E-state index contributed by atoms with van der Waals surface area (Å²) in [6.07, 6.45) is 5.19. The van der Waals surface area contributed by atoms with Crippen molar-refractivity contribution < 1.29 is 9.47 Å². The summed E-state index contributed by atoms with van der Waals surface area (Å²) in [5.74, 6) is 2.44. The molecule has 3 N–H and O–H groups in total. The fraction of sp³-hybridized carbons (Fsp3) is 0.176. The maximum absolute atomic E-state index is 9.55. The van der Waals surface area contributed by atoms with Gasteiger partial charge in [-0.25, -0.2) is 0 Å². The lowest BCUT2D eigenvalue weighted by molar-refractivity contribution is 0.370. The summed E-state index contributed by atoms with van der Waals surface area (Å²) >= 11 is 12.6. The smallest absolute Gasteiger partial charge is 0.244 e. The molecular formula is C17H12Cl2N4O2. The van der Waals surface area contributed by atoms with Crippen LogP contribution in [0.4, 0.5) is 0 Å². The van der Waals surface area contributed by atoms with Crippen molar-refractivity contribution in [3.05, 3.63) is 50.5 Å². The van der Waals surface area contributed by atoms with E-state index in [9.17, 15) is 5.26 Å². The van der Waals surface area contributed by atoms with E-state index in [-0.39, 0.29) is 33.9 Å². The van der Waals surface area contributed by atoms with E-state index in [1.54, 1.807) is 12.1 Å². The van der Waals surface area contributed by atoms with Crippen LogP contribution < -0.4 is 15.2 Å². The first-order valence-corrected chi connectivity index (χ1v) is 7.91. The van der Waals surface area contributed by atoms with E-state index >= 15 is 0 Å². The molecule has 0 aliphatic carbocycles. The molecule has 1 aromatic carbocycles. The molecular weight excluding hydrogens is 363 g/mol. The zero-order chi connectivity index (χ0) is 18.1. The van der Waals surface area contributed by atoms with Gasteiger partial charge in [-0.3, -0.25) is 5.10 Å². The van der Waals surface area contributed by atoms with Crippen LogP contribution in [0, 0.1) is 30.6 Å². The molecule has 25 heavy (non-hydrogen) atoms. The van der Waals surface area contributed by atoms with Crippen LogP contribution in [0.5, 0.6) is 11.6 Å². The molecule has 2 aromatic rings. The number of benzene rings is 1. The van der Waals surface area contributed by atoms with Crippen LogP contribution in [0.1, 0.15) is 22.7 Å². The Morgan fingerprint density at radius 3 is 2.72 bits per heavy atom. The zero-order valence-corrected chi connectivity index (χ0v) is 14.6. The quantitative estimate of drug-likeness (QED) is 0.803. The molecule has 2 heterocycles. The van der Waals surface area contributed by atoms with Gasteiger partial charge in [-0.15, -0.1) is 11.5 Å². The van der Waals surface area contributed by atoms with Gasteiger partial charge in [0.15, 0.2) is 5.75 Å². The number of hydrogen-bond donors (Lipinski definition) is 2. The molecule has 6 nitrogen and oxygen atoms in total. The molecule has 1 unspecified atom stereocenters. The summed E-state index contributed by atoms with van der Waals surface area (Å²) in [6, 6.07) is 5.42. The van der Waals surface area contributed by atoms with Crippen LogP contribution >= 0.6 is 23.2 Å². The highest BCUT2D eigenvalue weighted by Crippen LogP contribution is 2.45. The van der Waals surface area contributed by atoms with Crippen molar-refractivity contribution in [1.82, 2.24) is 10.2 Å². The van der Waals surface area contributed by atoms with Crippen molar-refractivity contribution >= 4 is 23.2 Å². The summed E-state index contributed by atoms with van der Waals surface area (Å²) in [4.78, 5) is 0. The van der Waals surface area contributed by atoms with E-state index in [4.69, 9.17) is 44.8 Å². The van der Waals surface area contributed by atoms with Crippen LogP contribution in [0.25, 0.3) is 0 Å². The minimum absolute atomic E-state index is 0.00796. The lowest BCUT2D eigenvalue weighted by Crippen LogP contribution is -2.21. The highest BCUT2D eigenvalue weighted by atomic mass is 35.5. The third-order valence-electron chi connectivity index (χ3n) is 3.78. The van der Waals surface area contributed by atoms with E-state index in [1.165, 1.54) is 0 Å². The van der Waals surface area contributed by atoms with Gasteiger partial charge >= 0.3 is 0 Å². The SMILES string of the molecule is C#CCOc1c(Cl)cc(C2C(C#N)=C(N)Oc3n[nH]c(C)c32)cc1Cl. The van der Waals surface area contributed by atoms with Crippen molar-refractivity contribution in [3.63, 3.8) is 0 Å². The minimum atomic E-state index is -0.510. The number of fused-ring (bicyclic) bond motifs is 1. The average Bonchev–Trinajstić information content (AvgIpc) is 2.93. The Morgan fingerprint density at radius 2 is 2.12 bits per heavy atom. The second kappa shape index (κ2) is 6.60. The van der Waals surface area contributed by atoms with Gasteiger partial charge in [0, 0.05) is 11.3 Å². The van der Waals surface area contributed by atoms with Crippen LogP contribution in [0.15, 0.2) is 23.6 Å². The fourth-order valence-electron chi connectivity index (χ4n) is 2.73. The molecule has 3 rings (SSSR count). The third-order valence-corrected chi connectivity index (χ3v) is 4.34. The van der Waals surface area contributed by atoms with Gasteiger partial charge in [0.05, 0.1) is 16.0 Å². The number of allylic oxidation sites excluding steroid dienone is 1. The van der Waals surface area contributed by atoms with Gasteiger partial charge in [-0.2, -0.15) is 5.26 Å². The number of ether oxygens (including phenoxy) is 2. The summed E-state index contributed by atoms with van der Waals surface area (Å²) < 4.78 is 10.8. The number of H-pyrrole nitrogens is 1. The summed E-state index contributed by atoms with van der Waals surface area (Å²) in [5, 5.41) is 17.0. The number of aromatic nitrogens is 2. The second-order valence-corrected chi connectivity index (χ2v) is 6.11. The number of nitrogens with two attached hydrogens (primary N) is 1. The number of nitriles is 1. The largest absolute Gasteiger partial charge is 0.478 e. The van der Waals surface area contributed by atoms with E-state index in [0.717, 1.165) is 5.69 Å². The van der Waals surface area contributed by atoms with Crippen molar-refractivity contribution in [2.45, 2.75) is 12.8 Å². The molecule has 0 saturated heterocycles. The first-order valence-electron chi connectivity index (χ1n) is 7.15. The normalized spacial score (nSPS) is 15.8. The van der Waals surface area contributed by atoms with Crippen LogP contribution in [0.3, 0.4) is 0 Å². The maximum Gasteiger partial charge on any atom is 0.244 e. The Labute approximate surface area is 154 Å². The zero-order valence-electron chi connectivity index (χ0n) is 13.1. The highest BCUT2D eigenvalue weighted by Gasteiger charge is 2.34. The number of halogens is 2. The van der Waals surface area contributed by atoms with Crippen molar-refractivity contribution in [3.8, 4) is 30.0 Å². The predicted octanol–water partition coefficient (Wildman–Crippen LogP) is 3.26. The predicted molar refractivity (Wildman–Crippen MR) is 93.4 cm³/mol. The lowest BCUT2D eigenvalue weighted by Gasteiger charge is -2.24. The Bertz CT molecular complexity index is 943. The third kappa shape index (κ3) is 2.87. The molecule has 0 radical (unpaired) electrons. The molecule has 1 aromatic heterocycles. The van der Waals surface area contributed by atoms with Crippen molar-refractivity contribution in [1.29, 1.82) is 5.26 Å². The molecule has 0 fully saturated rings. The number of nitrogens with one attached hydrogen (secondary N) is 1. The van der Waals surface area contributed by atoms with E-state index in [0.29, 0.717) is 17.0 Å². The molecule has 0 spiro atoms. The molecule has 0 amide bonds. The molecule has 8 heteroatoms. The van der Waals surface area contributed by atoms with Crippen LogP contribution in [0.2, 0.25) is 10.0 Å². The number of rotatable bonds is 3. The summed E-state index contributed by atoms with van der Waals surface area (Å²) in [5.41, 5.74) is 8.25. The molecule has 1 atom stereocenters. The maximum atomic E-state index is 9.55. The molecule has 0 saturated carbocycles. The van der Waals surface area contributed by atoms with E-state index in [1.807, 2.05) is 6.92 Å². The standard InChI is InChI=1S/C17H12Cl2N4O2/c1-3-4-24-15-11(18)5-9(6-12(15)19)14-10(7-20)16(21)25-17-13(14)8(2)22-23-17/h1,5-6,14H,4,21H2,2H3,(H,22,23). The first kappa shape index (κ1) is 17.0. The van der Waals surface area contributed by atoms with Crippen LogP contribution in [-0.4, -0.2) is 16.8 Å². The summed E-state index contributed by atoms with van der Waals surface area (Å²) in [7, 11) is 0. The topological polar surface area (TPSA) is 96.9 Å². The number of nitrogens with zero attached hydrogens (tertiary/aromatic N) is 2. The molecule has 0 bridgehead atoms. The Morgan fingerprint density at radius 1 is 1.44 bits per heavy atom. The Hall–Kier alpha value is -2.80. The number of hydrogen-bond acceptors (Lipinski definition) is 5. The van der Waals surface area contributed by atoms with Gasteiger partial charge in [-0.1, -0.05) is 29.1 Å². The molecule has 1 aliphatic rings. The van der Waals surface area contributed by atoms with Crippen LogP contribution in [-0.2, 0) is 0 Å². The number of terminal acetylenes is 1. The number of aryl methyl sites for hydroxylation is 1. The van der Waals surface area contributed by atoms with Gasteiger partial charge in [-0.05, 0) is 24.6 Å². The number of aromatic amines is 1. The summed E-state index contributed by atoms with van der Waals surface area (Å²) in [6.45, 7) is 1.86. The van der Waals surface area contributed by atoms with Gasteiger partial charge in [0.25, 0.3) is 0 Å². The lowest BCUT2D eigenvalue weighted by atomic mass is 9.84. The molecule has 126 valence electrons. The monoisotopic (exact) mass is 374 g/mol.